The number of anilines is 1. The lowest BCUT2D eigenvalue weighted by Gasteiger charge is -2.33. The standard InChI is InChI=1S/C25H28FN5O6/c1-15(2)37-21-11-7-10-19(26)22(21)30-25(35)31(28-27-30)24(34)29(16-8-5-4-6-9-16)17-12-13-20(36-3)18(14-17)23(32)33/h7,10-16H,4-6,8-9H2,1-3H3,(H,32,33). The summed E-state index contributed by atoms with van der Waals surface area (Å²) in [5.41, 5.74) is -1.11. The molecule has 0 aliphatic heterocycles. The molecule has 1 aromatic heterocycles. The normalized spacial score (nSPS) is 14.0. The van der Waals surface area contributed by atoms with Crippen molar-refractivity contribution in [1.82, 2.24) is 19.8 Å². The molecule has 1 aliphatic carbocycles. The highest BCUT2D eigenvalue weighted by atomic mass is 19.1. The molecule has 0 saturated heterocycles. The first-order chi connectivity index (χ1) is 17.7. The molecule has 12 heteroatoms. The highest BCUT2D eigenvalue weighted by Crippen LogP contribution is 2.32. The molecule has 11 nitrogen and oxygen atoms in total. The molecular formula is C25H28FN5O6. The van der Waals surface area contributed by atoms with Gasteiger partial charge in [0.15, 0.2) is 5.82 Å². The fourth-order valence-electron chi connectivity index (χ4n) is 4.49. The number of amides is 1. The van der Waals surface area contributed by atoms with Crippen molar-refractivity contribution >= 4 is 17.7 Å². The molecule has 1 fully saturated rings. The number of carboxylic acid groups (broad SMARTS) is 1. The van der Waals surface area contributed by atoms with Crippen molar-refractivity contribution in [3.8, 4) is 17.2 Å². The molecule has 4 rings (SSSR count). The smallest absolute Gasteiger partial charge is 0.377 e. The Morgan fingerprint density at radius 1 is 1.11 bits per heavy atom. The van der Waals surface area contributed by atoms with Gasteiger partial charge in [-0.05, 0) is 67.4 Å². The molecule has 2 aromatic carbocycles. The Labute approximate surface area is 212 Å². The average Bonchev–Trinajstić information content (AvgIpc) is 3.25. The second-order valence-electron chi connectivity index (χ2n) is 8.97. The molecule has 196 valence electrons. The number of methoxy groups -OCH3 is 1. The molecule has 0 unspecified atom stereocenters. The third-order valence-corrected chi connectivity index (χ3v) is 6.12. The average molecular weight is 514 g/mol. The van der Waals surface area contributed by atoms with Crippen LogP contribution in [0.2, 0.25) is 0 Å². The van der Waals surface area contributed by atoms with Crippen LogP contribution in [0, 0.1) is 5.82 Å². The fourth-order valence-corrected chi connectivity index (χ4v) is 4.49. The molecule has 0 radical (unpaired) electrons. The molecule has 3 aromatic rings. The second-order valence-corrected chi connectivity index (χ2v) is 8.97. The monoisotopic (exact) mass is 513 g/mol. The molecule has 1 heterocycles. The highest BCUT2D eigenvalue weighted by molar-refractivity contribution is 5.97. The van der Waals surface area contributed by atoms with E-state index in [4.69, 9.17) is 9.47 Å². The predicted octanol–water partition coefficient (Wildman–Crippen LogP) is 3.87. The number of hydrogen-bond acceptors (Lipinski definition) is 7. The Morgan fingerprint density at radius 3 is 2.49 bits per heavy atom. The number of hydrogen-bond donors (Lipinski definition) is 1. The van der Waals surface area contributed by atoms with Crippen molar-refractivity contribution in [2.24, 2.45) is 0 Å². The Hall–Kier alpha value is -4.22. The number of carboxylic acids is 1. The summed E-state index contributed by atoms with van der Waals surface area (Å²) in [6.07, 6.45) is 3.73. The molecular weight excluding hydrogens is 485 g/mol. The number of rotatable bonds is 7. The van der Waals surface area contributed by atoms with Gasteiger partial charge in [-0.25, -0.2) is 18.8 Å². The van der Waals surface area contributed by atoms with Gasteiger partial charge >= 0.3 is 17.7 Å². The van der Waals surface area contributed by atoms with Crippen LogP contribution in [0.5, 0.6) is 11.5 Å². The number of nitrogens with zero attached hydrogens (tertiary/aromatic N) is 5. The summed E-state index contributed by atoms with van der Waals surface area (Å²) in [4.78, 5) is 40.2. The van der Waals surface area contributed by atoms with Gasteiger partial charge in [0.2, 0.25) is 0 Å². The van der Waals surface area contributed by atoms with E-state index in [1.807, 2.05) is 0 Å². The molecule has 0 atom stereocenters. The molecule has 1 amide bonds. The van der Waals surface area contributed by atoms with Gasteiger partial charge in [-0.3, -0.25) is 4.90 Å². The van der Waals surface area contributed by atoms with Crippen LogP contribution in [-0.4, -0.2) is 56.2 Å². The molecule has 0 bridgehead atoms. The van der Waals surface area contributed by atoms with Crippen molar-refractivity contribution in [1.29, 1.82) is 0 Å². The Kier molecular flexibility index (Phi) is 7.55. The van der Waals surface area contributed by atoms with E-state index in [-0.39, 0.29) is 40.6 Å². The Balaban J connectivity index is 1.80. The quantitative estimate of drug-likeness (QED) is 0.472. The number of tetrazole rings is 1. The van der Waals surface area contributed by atoms with Crippen LogP contribution >= 0.6 is 0 Å². The molecule has 37 heavy (non-hydrogen) atoms. The lowest BCUT2D eigenvalue weighted by molar-refractivity contribution is 0.0693. The summed E-state index contributed by atoms with van der Waals surface area (Å²) >= 11 is 0. The molecule has 1 aliphatic rings. The van der Waals surface area contributed by atoms with Crippen molar-refractivity contribution in [3.05, 3.63) is 58.3 Å². The highest BCUT2D eigenvalue weighted by Gasteiger charge is 2.32. The number of carbonyl (C=O) groups is 2. The van der Waals surface area contributed by atoms with Gasteiger partial charge in [0.1, 0.15) is 22.7 Å². The second kappa shape index (κ2) is 10.8. The minimum Gasteiger partial charge on any atom is -0.496 e. The van der Waals surface area contributed by atoms with E-state index >= 15 is 0 Å². The van der Waals surface area contributed by atoms with Gasteiger partial charge in [-0.15, -0.1) is 4.68 Å². The zero-order valence-corrected chi connectivity index (χ0v) is 20.8. The SMILES string of the molecule is COc1ccc(N(C(=O)n2nnn(-c3c(F)cccc3OC(C)C)c2=O)C2CCCCC2)cc1C(=O)O. The third-order valence-electron chi connectivity index (χ3n) is 6.12. The third kappa shape index (κ3) is 5.18. The predicted molar refractivity (Wildman–Crippen MR) is 131 cm³/mol. The molecule has 1 N–H and O–H groups in total. The Morgan fingerprint density at radius 2 is 1.84 bits per heavy atom. The van der Waals surface area contributed by atoms with Crippen LogP contribution in [-0.2, 0) is 0 Å². The zero-order valence-electron chi connectivity index (χ0n) is 20.8. The molecule has 0 spiro atoms. The largest absolute Gasteiger partial charge is 0.496 e. The number of ether oxygens (including phenoxy) is 2. The number of para-hydroxylation sites is 1. The number of halogens is 1. The van der Waals surface area contributed by atoms with Crippen LogP contribution in [0.4, 0.5) is 14.9 Å². The fraction of sp³-hybridized carbons (Fsp3) is 0.400. The number of carbonyl (C=O) groups excluding carboxylic acids is 1. The lowest BCUT2D eigenvalue weighted by Crippen LogP contribution is -2.47. The Bertz CT molecular complexity index is 1360. The summed E-state index contributed by atoms with van der Waals surface area (Å²) < 4.78 is 26.8. The summed E-state index contributed by atoms with van der Waals surface area (Å²) in [5.74, 6) is -1.80. The van der Waals surface area contributed by atoms with Crippen LogP contribution in [0.3, 0.4) is 0 Å². The van der Waals surface area contributed by atoms with Crippen LogP contribution in [0.25, 0.3) is 5.69 Å². The number of aromatic carboxylic acids is 1. The zero-order chi connectivity index (χ0) is 26.7. The van der Waals surface area contributed by atoms with E-state index < -0.39 is 23.5 Å². The van der Waals surface area contributed by atoms with Crippen LogP contribution in [0.1, 0.15) is 56.3 Å². The van der Waals surface area contributed by atoms with Gasteiger partial charge in [-0.2, -0.15) is 4.68 Å². The first-order valence-electron chi connectivity index (χ1n) is 12.0. The number of benzene rings is 2. The van der Waals surface area contributed by atoms with Crippen molar-refractivity contribution in [3.63, 3.8) is 0 Å². The van der Waals surface area contributed by atoms with E-state index in [1.165, 1.54) is 36.3 Å². The topological polar surface area (TPSA) is 129 Å². The van der Waals surface area contributed by atoms with Gasteiger partial charge in [0, 0.05) is 11.7 Å². The lowest BCUT2D eigenvalue weighted by atomic mass is 9.94. The van der Waals surface area contributed by atoms with Gasteiger partial charge < -0.3 is 14.6 Å². The van der Waals surface area contributed by atoms with Gasteiger partial charge in [-0.1, -0.05) is 25.3 Å². The summed E-state index contributed by atoms with van der Waals surface area (Å²) in [5, 5.41) is 17.2. The maximum Gasteiger partial charge on any atom is 0.377 e. The maximum atomic E-state index is 14.8. The van der Waals surface area contributed by atoms with E-state index in [2.05, 4.69) is 10.4 Å². The summed E-state index contributed by atoms with van der Waals surface area (Å²) in [6, 6.07) is 7.28. The van der Waals surface area contributed by atoms with E-state index in [1.54, 1.807) is 19.9 Å². The van der Waals surface area contributed by atoms with Gasteiger partial charge in [0.25, 0.3) is 0 Å². The molecule has 1 saturated carbocycles. The van der Waals surface area contributed by atoms with Crippen molar-refractivity contribution in [2.75, 3.05) is 12.0 Å². The first-order valence-corrected chi connectivity index (χ1v) is 12.0. The van der Waals surface area contributed by atoms with Crippen LogP contribution in [0.15, 0.2) is 41.2 Å². The van der Waals surface area contributed by atoms with E-state index in [0.29, 0.717) is 22.2 Å². The summed E-state index contributed by atoms with van der Waals surface area (Å²) in [7, 11) is 1.35. The maximum absolute atomic E-state index is 14.8. The number of aromatic nitrogens is 4. The summed E-state index contributed by atoms with van der Waals surface area (Å²) in [6.45, 7) is 3.50. The van der Waals surface area contributed by atoms with E-state index in [9.17, 15) is 23.9 Å². The minimum absolute atomic E-state index is 0.0713. The van der Waals surface area contributed by atoms with E-state index in [0.717, 1.165) is 25.3 Å². The van der Waals surface area contributed by atoms with Crippen molar-refractivity contribution in [2.45, 2.75) is 58.1 Å². The van der Waals surface area contributed by atoms with Gasteiger partial charge in [0.05, 0.1) is 13.2 Å². The van der Waals surface area contributed by atoms with Crippen molar-refractivity contribution < 1.29 is 28.6 Å². The minimum atomic E-state index is -1.23. The van der Waals surface area contributed by atoms with Crippen LogP contribution < -0.4 is 20.1 Å². The first kappa shape index (κ1) is 25.9.